The fraction of sp³-hybridized carbons (Fsp3) is 0.462. The van der Waals surface area contributed by atoms with E-state index in [1.165, 1.54) is 5.56 Å². The minimum absolute atomic E-state index is 0.0782. The molecule has 2 heterocycles. The van der Waals surface area contributed by atoms with E-state index < -0.39 is 0 Å². The van der Waals surface area contributed by atoms with Gasteiger partial charge in [0, 0.05) is 19.3 Å². The molecule has 19 heavy (non-hydrogen) atoms. The molecule has 6 heteroatoms. The molecule has 1 unspecified atom stereocenters. The maximum Gasteiger partial charge on any atom is 0.0648 e. The van der Waals surface area contributed by atoms with Crippen LogP contribution in [0.25, 0.3) is 0 Å². The van der Waals surface area contributed by atoms with Crippen molar-refractivity contribution in [1.29, 1.82) is 0 Å². The molecule has 0 aliphatic rings. The van der Waals surface area contributed by atoms with Crippen LogP contribution < -0.4 is 11.3 Å². The van der Waals surface area contributed by atoms with E-state index in [0.717, 1.165) is 29.8 Å². The SMILES string of the molecule is Cc1cc(C(CCc2cnn(C)c2)NN)c(C)nn1. The van der Waals surface area contributed by atoms with Crippen LogP contribution in [0.2, 0.25) is 0 Å². The first-order valence-corrected chi connectivity index (χ1v) is 6.34. The maximum atomic E-state index is 5.67. The molecule has 2 aromatic heterocycles. The van der Waals surface area contributed by atoms with Crippen LogP contribution in [-0.4, -0.2) is 20.0 Å². The minimum atomic E-state index is 0.0782. The largest absolute Gasteiger partial charge is 0.276 e. The van der Waals surface area contributed by atoms with Gasteiger partial charge in [-0.1, -0.05) is 0 Å². The first kappa shape index (κ1) is 13.6. The fourth-order valence-corrected chi connectivity index (χ4v) is 2.16. The molecular weight excluding hydrogens is 240 g/mol. The zero-order chi connectivity index (χ0) is 13.8. The quantitative estimate of drug-likeness (QED) is 0.618. The van der Waals surface area contributed by atoms with Crippen molar-refractivity contribution < 1.29 is 0 Å². The topological polar surface area (TPSA) is 81.7 Å². The van der Waals surface area contributed by atoms with Gasteiger partial charge in [0.2, 0.25) is 0 Å². The molecule has 102 valence electrons. The lowest BCUT2D eigenvalue weighted by molar-refractivity contribution is 0.510. The Hall–Kier alpha value is -1.79. The lowest BCUT2D eigenvalue weighted by Gasteiger charge is -2.17. The van der Waals surface area contributed by atoms with Gasteiger partial charge in [0.05, 0.1) is 17.6 Å². The Labute approximate surface area is 113 Å². The first-order chi connectivity index (χ1) is 9.10. The second kappa shape index (κ2) is 5.90. The van der Waals surface area contributed by atoms with Crippen molar-refractivity contribution >= 4 is 0 Å². The average molecular weight is 260 g/mol. The van der Waals surface area contributed by atoms with E-state index in [4.69, 9.17) is 5.84 Å². The van der Waals surface area contributed by atoms with Crippen LogP contribution in [-0.2, 0) is 13.5 Å². The third-order valence-corrected chi connectivity index (χ3v) is 3.20. The summed E-state index contributed by atoms with van der Waals surface area (Å²) in [6, 6.07) is 2.12. The van der Waals surface area contributed by atoms with E-state index in [0.29, 0.717) is 0 Å². The van der Waals surface area contributed by atoms with Gasteiger partial charge in [-0.3, -0.25) is 16.0 Å². The highest BCUT2D eigenvalue weighted by atomic mass is 15.2. The number of hydrogen-bond acceptors (Lipinski definition) is 5. The summed E-state index contributed by atoms with van der Waals surface area (Å²) < 4.78 is 1.81. The number of nitrogens with two attached hydrogens (primary N) is 1. The molecule has 2 rings (SSSR count). The lowest BCUT2D eigenvalue weighted by Crippen LogP contribution is -2.29. The lowest BCUT2D eigenvalue weighted by atomic mass is 9.99. The molecule has 0 aliphatic carbocycles. The molecule has 0 aromatic carbocycles. The summed E-state index contributed by atoms with van der Waals surface area (Å²) in [5, 5.41) is 12.4. The summed E-state index contributed by atoms with van der Waals surface area (Å²) in [6.07, 6.45) is 5.73. The molecule has 0 saturated heterocycles. The van der Waals surface area contributed by atoms with Crippen LogP contribution in [0.15, 0.2) is 18.5 Å². The fourth-order valence-electron chi connectivity index (χ4n) is 2.16. The number of rotatable bonds is 5. The van der Waals surface area contributed by atoms with Crippen LogP contribution in [0.3, 0.4) is 0 Å². The Bertz CT molecular complexity index is 548. The number of aromatic nitrogens is 4. The molecule has 0 amide bonds. The molecule has 3 N–H and O–H groups in total. The Balaban J connectivity index is 2.09. The monoisotopic (exact) mass is 260 g/mol. The van der Waals surface area contributed by atoms with Crippen LogP contribution in [0.1, 0.15) is 35.0 Å². The predicted molar refractivity (Wildman–Crippen MR) is 73.1 cm³/mol. The third-order valence-electron chi connectivity index (χ3n) is 3.20. The van der Waals surface area contributed by atoms with Crippen molar-refractivity contribution in [3.8, 4) is 0 Å². The van der Waals surface area contributed by atoms with Gasteiger partial charge >= 0.3 is 0 Å². The van der Waals surface area contributed by atoms with Gasteiger partial charge in [-0.25, -0.2) is 0 Å². The average Bonchev–Trinajstić information content (AvgIpc) is 2.80. The van der Waals surface area contributed by atoms with Gasteiger partial charge in [0.1, 0.15) is 0 Å². The number of aryl methyl sites for hydroxylation is 4. The normalized spacial score (nSPS) is 12.6. The molecule has 0 fully saturated rings. The van der Waals surface area contributed by atoms with Crippen LogP contribution in [0.5, 0.6) is 0 Å². The molecular formula is C13H20N6. The highest BCUT2D eigenvalue weighted by molar-refractivity contribution is 5.24. The van der Waals surface area contributed by atoms with Gasteiger partial charge in [-0.15, -0.1) is 0 Å². The highest BCUT2D eigenvalue weighted by Crippen LogP contribution is 2.20. The predicted octanol–water partition coefficient (Wildman–Crippen LogP) is 0.964. The smallest absolute Gasteiger partial charge is 0.0648 e. The Kier molecular flexibility index (Phi) is 4.24. The highest BCUT2D eigenvalue weighted by Gasteiger charge is 2.14. The summed E-state index contributed by atoms with van der Waals surface area (Å²) >= 11 is 0. The second-order valence-corrected chi connectivity index (χ2v) is 4.81. The van der Waals surface area contributed by atoms with Gasteiger partial charge < -0.3 is 0 Å². The van der Waals surface area contributed by atoms with Crippen LogP contribution in [0, 0.1) is 13.8 Å². The van der Waals surface area contributed by atoms with Crippen molar-refractivity contribution in [2.75, 3.05) is 0 Å². The number of hydrazine groups is 1. The Morgan fingerprint density at radius 1 is 1.37 bits per heavy atom. The van der Waals surface area contributed by atoms with Gasteiger partial charge in [-0.05, 0) is 43.9 Å². The molecule has 0 aliphatic heterocycles. The standard InChI is InChI=1S/C13H20N6/c1-9-6-12(10(2)18-17-9)13(16-14)5-4-11-7-15-19(3)8-11/h6-8,13,16H,4-5,14H2,1-3H3. The molecule has 0 radical (unpaired) electrons. The molecule has 1 atom stereocenters. The zero-order valence-electron chi connectivity index (χ0n) is 11.6. The van der Waals surface area contributed by atoms with Gasteiger partial charge in [0.25, 0.3) is 0 Å². The van der Waals surface area contributed by atoms with E-state index in [2.05, 4.69) is 20.7 Å². The molecule has 0 bridgehead atoms. The Morgan fingerprint density at radius 3 is 2.79 bits per heavy atom. The van der Waals surface area contributed by atoms with Crippen molar-refractivity contribution in [3.63, 3.8) is 0 Å². The van der Waals surface area contributed by atoms with Crippen molar-refractivity contribution in [2.24, 2.45) is 12.9 Å². The summed E-state index contributed by atoms with van der Waals surface area (Å²) in [5.74, 6) is 5.67. The van der Waals surface area contributed by atoms with Crippen molar-refractivity contribution in [2.45, 2.75) is 32.7 Å². The molecule has 0 saturated carbocycles. The maximum absolute atomic E-state index is 5.67. The molecule has 0 spiro atoms. The number of hydrogen-bond donors (Lipinski definition) is 2. The van der Waals surface area contributed by atoms with E-state index in [9.17, 15) is 0 Å². The third kappa shape index (κ3) is 3.36. The molecule has 6 nitrogen and oxygen atoms in total. The van der Waals surface area contributed by atoms with E-state index >= 15 is 0 Å². The zero-order valence-corrected chi connectivity index (χ0v) is 11.6. The summed E-state index contributed by atoms with van der Waals surface area (Å²) in [7, 11) is 1.92. The second-order valence-electron chi connectivity index (χ2n) is 4.81. The summed E-state index contributed by atoms with van der Waals surface area (Å²) in [5.41, 5.74) is 7.01. The summed E-state index contributed by atoms with van der Waals surface area (Å²) in [4.78, 5) is 0. The van der Waals surface area contributed by atoms with E-state index in [1.807, 2.05) is 44.0 Å². The van der Waals surface area contributed by atoms with Gasteiger partial charge in [0.15, 0.2) is 0 Å². The minimum Gasteiger partial charge on any atom is -0.276 e. The number of nitrogens with one attached hydrogen (secondary N) is 1. The van der Waals surface area contributed by atoms with Crippen molar-refractivity contribution in [1.82, 2.24) is 25.4 Å². The van der Waals surface area contributed by atoms with E-state index in [1.54, 1.807) is 0 Å². The van der Waals surface area contributed by atoms with Crippen LogP contribution >= 0.6 is 0 Å². The number of nitrogens with zero attached hydrogens (tertiary/aromatic N) is 4. The molecule has 2 aromatic rings. The summed E-state index contributed by atoms with van der Waals surface area (Å²) in [6.45, 7) is 3.89. The van der Waals surface area contributed by atoms with Crippen molar-refractivity contribution in [3.05, 3.63) is 41.0 Å². The Morgan fingerprint density at radius 2 is 2.16 bits per heavy atom. The van der Waals surface area contributed by atoms with E-state index in [-0.39, 0.29) is 6.04 Å². The van der Waals surface area contributed by atoms with Gasteiger partial charge in [-0.2, -0.15) is 15.3 Å². The van der Waals surface area contributed by atoms with Crippen LogP contribution in [0.4, 0.5) is 0 Å². The first-order valence-electron chi connectivity index (χ1n) is 6.34.